The van der Waals surface area contributed by atoms with Gasteiger partial charge in [-0.3, -0.25) is 24.0 Å². The normalized spacial score (nSPS) is 26.6. The van der Waals surface area contributed by atoms with Crippen LogP contribution in [-0.4, -0.2) is 92.4 Å². The standard InChI is InChI=1S/C22H33N8O9PS/c1-9(2)38-20(33)11(4)29-40(35,41-7-12-17(32)27-22(34)25-12)37-6-13-15(31)10(3)19(39-13)30-8-24-14-16(30)26-21(23)28-18(14)36-5/h8-13,15,19,31H,6-7H2,1-5H3,(H,29,35)(H2,23,26,28)(H2,25,27,32,34)/t10-,11?,12?,13+,15-,19+,40?/m0/s1. The van der Waals surface area contributed by atoms with E-state index >= 15 is 0 Å². The predicted octanol–water partition coefficient (Wildman–Crippen LogP) is 0.307. The smallest absolute Gasteiger partial charge is 0.327 e. The SMILES string of the molecule is COc1nc(N)nc2c1ncn2[C@@H]1O[C@H](COP(=O)(NC(C)C(=O)OC(C)C)SCC2NC(=O)NC2=O)[C@@H](O)[C@@H]1C. The lowest BCUT2D eigenvalue weighted by molar-refractivity contribution is -0.149. The molecule has 2 aliphatic rings. The number of fused-ring (bicyclic) bond motifs is 1. The van der Waals surface area contributed by atoms with E-state index < -0.39 is 67.2 Å². The van der Waals surface area contributed by atoms with E-state index in [-0.39, 0.29) is 24.2 Å². The monoisotopic (exact) mass is 616 g/mol. The molecule has 0 saturated carbocycles. The molecule has 2 fully saturated rings. The number of rotatable bonds is 12. The Kier molecular flexibility index (Phi) is 9.40. The molecule has 3 unspecified atom stereocenters. The molecule has 41 heavy (non-hydrogen) atoms. The maximum atomic E-state index is 13.9. The van der Waals surface area contributed by atoms with E-state index in [0.717, 1.165) is 11.4 Å². The summed E-state index contributed by atoms with van der Waals surface area (Å²) < 4.78 is 37.7. The number of urea groups is 1. The molecule has 2 aromatic heterocycles. The third-order valence-electron chi connectivity index (χ3n) is 6.29. The van der Waals surface area contributed by atoms with Crippen LogP contribution in [0.15, 0.2) is 6.33 Å². The lowest BCUT2D eigenvalue weighted by Gasteiger charge is -2.25. The number of nitrogens with one attached hydrogen (secondary N) is 3. The van der Waals surface area contributed by atoms with Crippen LogP contribution in [0.2, 0.25) is 0 Å². The number of nitrogens with zero attached hydrogens (tertiary/aromatic N) is 4. The van der Waals surface area contributed by atoms with Crippen LogP contribution in [0.3, 0.4) is 0 Å². The van der Waals surface area contributed by atoms with Crippen molar-refractivity contribution in [2.75, 3.05) is 25.2 Å². The fourth-order valence-corrected chi connectivity index (χ4v) is 8.11. The second-order valence-corrected chi connectivity index (χ2v) is 14.1. The van der Waals surface area contributed by atoms with Crippen molar-refractivity contribution in [3.8, 4) is 5.88 Å². The lowest BCUT2D eigenvalue weighted by Crippen LogP contribution is -2.37. The average molecular weight is 617 g/mol. The maximum absolute atomic E-state index is 13.9. The van der Waals surface area contributed by atoms with E-state index in [0.29, 0.717) is 11.2 Å². The molecular formula is C22H33N8O9PS. The Hall–Kier alpha value is -3.02. The summed E-state index contributed by atoms with van der Waals surface area (Å²) >= 11 is 0.725. The van der Waals surface area contributed by atoms with Crippen LogP contribution >= 0.6 is 18.1 Å². The molecule has 0 radical (unpaired) electrons. The molecule has 0 spiro atoms. The van der Waals surface area contributed by atoms with Crippen molar-refractivity contribution in [3.63, 3.8) is 0 Å². The highest BCUT2D eigenvalue weighted by Crippen LogP contribution is 2.57. The number of methoxy groups -OCH3 is 1. The second kappa shape index (κ2) is 12.5. The van der Waals surface area contributed by atoms with Crippen LogP contribution in [0.1, 0.15) is 33.9 Å². The highest BCUT2D eigenvalue weighted by molar-refractivity contribution is 8.56. The van der Waals surface area contributed by atoms with Gasteiger partial charge in [0.2, 0.25) is 11.8 Å². The number of esters is 1. The van der Waals surface area contributed by atoms with Crippen LogP contribution < -0.4 is 26.2 Å². The molecule has 4 heterocycles. The summed E-state index contributed by atoms with van der Waals surface area (Å²) in [6.07, 6.45) is -1.70. The number of anilines is 1. The topological polar surface area (TPSA) is 231 Å². The fourth-order valence-electron chi connectivity index (χ4n) is 4.24. The molecule has 4 rings (SSSR count). The number of nitrogens with two attached hydrogens (primary N) is 1. The van der Waals surface area contributed by atoms with Crippen molar-refractivity contribution in [2.24, 2.45) is 5.92 Å². The summed E-state index contributed by atoms with van der Waals surface area (Å²) in [4.78, 5) is 48.4. The molecular weight excluding hydrogens is 583 g/mol. The molecule has 6 N–H and O–H groups in total. The van der Waals surface area contributed by atoms with Crippen LogP contribution in [0, 0.1) is 5.92 Å². The number of carbonyl (C=O) groups excluding carboxylic acids is 3. The minimum absolute atomic E-state index is 0.0385. The molecule has 19 heteroatoms. The Morgan fingerprint density at radius 1 is 1.34 bits per heavy atom. The van der Waals surface area contributed by atoms with Gasteiger partial charge in [-0.15, -0.1) is 0 Å². The van der Waals surface area contributed by atoms with Gasteiger partial charge in [0.15, 0.2) is 11.2 Å². The molecule has 7 atom stereocenters. The minimum atomic E-state index is -3.94. The lowest BCUT2D eigenvalue weighted by atomic mass is 10.0. The van der Waals surface area contributed by atoms with Crippen molar-refractivity contribution in [2.45, 2.75) is 64.3 Å². The first kappa shape index (κ1) is 30.9. The van der Waals surface area contributed by atoms with Crippen LogP contribution in [-0.2, 0) is 28.2 Å². The Morgan fingerprint density at radius 2 is 2.07 bits per heavy atom. The number of aliphatic hydroxyl groups is 1. The zero-order chi connectivity index (χ0) is 30.1. The van der Waals surface area contributed by atoms with Gasteiger partial charge in [-0.25, -0.2) is 14.9 Å². The summed E-state index contributed by atoms with van der Waals surface area (Å²) in [5.74, 6) is -1.71. The van der Waals surface area contributed by atoms with Crippen molar-refractivity contribution in [1.29, 1.82) is 0 Å². The first-order valence-corrected chi connectivity index (χ1v) is 15.9. The van der Waals surface area contributed by atoms with Gasteiger partial charge in [-0.1, -0.05) is 18.3 Å². The number of hydrogen-bond acceptors (Lipinski definition) is 14. The maximum Gasteiger partial charge on any atom is 0.327 e. The number of aromatic nitrogens is 4. The van der Waals surface area contributed by atoms with Crippen molar-refractivity contribution >= 4 is 53.1 Å². The quantitative estimate of drug-likeness (QED) is 0.123. The summed E-state index contributed by atoms with van der Waals surface area (Å²) in [6, 6.07) is -2.67. The number of imidazole rings is 1. The Bertz CT molecular complexity index is 1360. The Morgan fingerprint density at radius 3 is 2.71 bits per heavy atom. The molecule has 2 saturated heterocycles. The van der Waals surface area contributed by atoms with Crippen LogP contribution in [0.25, 0.3) is 11.2 Å². The molecule has 2 aliphatic heterocycles. The molecule has 2 aromatic rings. The number of ether oxygens (including phenoxy) is 3. The highest BCUT2D eigenvalue weighted by Gasteiger charge is 2.44. The first-order chi connectivity index (χ1) is 19.3. The van der Waals surface area contributed by atoms with Gasteiger partial charge in [0, 0.05) is 11.7 Å². The summed E-state index contributed by atoms with van der Waals surface area (Å²) in [7, 11) is 1.42. The van der Waals surface area contributed by atoms with E-state index in [1.807, 2.05) is 0 Å². The van der Waals surface area contributed by atoms with Gasteiger partial charge in [-0.2, -0.15) is 9.97 Å². The zero-order valence-corrected chi connectivity index (χ0v) is 24.7. The largest absolute Gasteiger partial charge is 0.479 e. The second-order valence-electron chi connectivity index (χ2n) is 9.77. The first-order valence-electron chi connectivity index (χ1n) is 12.7. The minimum Gasteiger partial charge on any atom is -0.479 e. The Balaban J connectivity index is 1.49. The fraction of sp³-hybridized carbons (Fsp3) is 0.636. The zero-order valence-electron chi connectivity index (χ0n) is 23.0. The average Bonchev–Trinajstić information content (AvgIpc) is 3.55. The predicted molar refractivity (Wildman–Crippen MR) is 146 cm³/mol. The summed E-state index contributed by atoms with van der Waals surface area (Å²) in [5.41, 5.74) is 6.49. The van der Waals surface area contributed by atoms with Gasteiger partial charge in [0.25, 0.3) is 5.91 Å². The molecule has 0 bridgehead atoms. The van der Waals surface area contributed by atoms with E-state index in [9.17, 15) is 24.1 Å². The highest BCUT2D eigenvalue weighted by atomic mass is 32.7. The molecule has 226 valence electrons. The molecule has 0 aromatic carbocycles. The van der Waals surface area contributed by atoms with Gasteiger partial charge in [0.05, 0.1) is 32.3 Å². The Labute approximate surface area is 238 Å². The number of hydrogen-bond donors (Lipinski definition) is 5. The third kappa shape index (κ3) is 6.90. The molecule has 17 nitrogen and oxygen atoms in total. The van der Waals surface area contributed by atoms with Crippen molar-refractivity contribution in [3.05, 3.63) is 6.33 Å². The van der Waals surface area contributed by atoms with Gasteiger partial charge in [0.1, 0.15) is 24.4 Å². The van der Waals surface area contributed by atoms with Crippen LogP contribution in [0.4, 0.5) is 10.7 Å². The number of carbonyl (C=O) groups is 3. The van der Waals surface area contributed by atoms with Crippen molar-refractivity contribution in [1.82, 2.24) is 35.2 Å². The van der Waals surface area contributed by atoms with Gasteiger partial charge >= 0.3 is 18.7 Å². The number of imide groups is 1. The number of aliphatic hydroxyl groups excluding tert-OH is 1. The van der Waals surface area contributed by atoms with E-state index in [2.05, 4.69) is 30.7 Å². The van der Waals surface area contributed by atoms with Crippen molar-refractivity contribution < 1.29 is 42.8 Å². The van der Waals surface area contributed by atoms with Gasteiger partial charge in [-0.05, 0) is 20.8 Å². The summed E-state index contributed by atoms with van der Waals surface area (Å²) in [6.45, 7) is 2.27. The molecule has 3 amide bonds. The van der Waals surface area contributed by atoms with E-state index in [1.165, 1.54) is 20.4 Å². The summed E-state index contributed by atoms with van der Waals surface area (Å²) in [5, 5.41) is 18.2. The number of nitrogen functional groups attached to an aromatic ring is 1. The van der Waals surface area contributed by atoms with Gasteiger partial charge < -0.3 is 34.9 Å². The van der Waals surface area contributed by atoms with E-state index in [4.69, 9.17) is 24.5 Å². The molecule has 0 aliphatic carbocycles. The number of amides is 3. The third-order valence-corrected chi connectivity index (χ3v) is 10.4. The van der Waals surface area contributed by atoms with Crippen LogP contribution in [0.5, 0.6) is 5.88 Å². The van der Waals surface area contributed by atoms with E-state index in [1.54, 1.807) is 25.3 Å².